The average Bonchev–Trinajstić information content (AvgIpc) is 2.60. The van der Waals surface area contributed by atoms with Crippen molar-refractivity contribution in [1.82, 2.24) is 5.43 Å². The fourth-order valence-electron chi connectivity index (χ4n) is 1.81. The van der Waals surface area contributed by atoms with Crippen molar-refractivity contribution >= 4 is 17.8 Å². The molecule has 1 amide bonds. The number of amides is 1. The molecule has 0 atom stereocenters. The van der Waals surface area contributed by atoms with Crippen LogP contribution < -0.4 is 10.2 Å². The van der Waals surface area contributed by atoms with Gasteiger partial charge in [-0.25, -0.2) is 5.43 Å². The Labute approximate surface area is 137 Å². The molecule has 0 fully saturated rings. The lowest BCUT2D eigenvalue weighted by Crippen LogP contribution is -2.17. The lowest BCUT2D eigenvalue weighted by Gasteiger charge is -2.05. The zero-order valence-electron chi connectivity index (χ0n) is 12.4. The monoisotopic (exact) mass is 324 g/mol. The number of carbonyl (C=O) groups is 1. The highest BCUT2D eigenvalue weighted by Crippen LogP contribution is 2.16. The van der Waals surface area contributed by atoms with Crippen molar-refractivity contribution in [3.8, 4) is 11.8 Å². The third-order valence-electron chi connectivity index (χ3n) is 2.90. The van der Waals surface area contributed by atoms with Gasteiger partial charge in [-0.3, -0.25) is 14.9 Å². The molecule has 0 aliphatic rings. The summed E-state index contributed by atoms with van der Waals surface area (Å²) in [6, 6.07) is 14.0. The van der Waals surface area contributed by atoms with Gasteiger partial charge in [0.1, 0.15) is 11.8 Å². The Kier molecular flexibility index (Phi) is 5.58. The van der Waals surface area contributed by atoms with Crippen molar-refractivity contribution in [2.75, 3.05) is 6.61 Å². The summed E-state index contributed by atoms with van der Waals surface area (Å²) in [6.07, 6.45) is 1.36. The van der Waals surface area contributed by atoms with Crippen LogP contribution in [0.5, 0.6) is 5.75 Å². The summed E-state index contributed by atoms with van der Waals surface area (Å²) in [5.41, 5.74) is 2.80. The van der Waals surface area contributed by atoms with E-state index in [2.05, 4.69) is 10.5 Å². The molecule has 0 heterocycles. The molecule has 0 aromatic heterocycles. The van der Waals surface area contributed by atoms with Gasteiger partial charge in [0.05, 0.1) is 11.1 Å². The summed E-state index contributed by atoms with van der Waals surface area (Å²) in [5, 5.41) is 23.1. The molecule has 120 valence electrons. The van der Waals surface area contributed by atoms with Crippen molar-refractivity contribution < 1.29 is 14.5 Å². The number of nitrogens with one attached hydrogen (secondary N) is 1. The van der Waals surface area contributed by atoms with Gasteiger partial charge in [0.2, 0.25) is 0 Å². The van der Waals surface area contributed by atoms with Gasteiger partial charge < -0.3 is 4.74 Å². The number of hydrazone groups is 1. The first-order valence-electron chi connectivity index (χ1n) is 6.78. The highest BCUT2D eigenvalue weighted by molar-refractivity contribution is 5.95. The lowest BCUT2D eigenvalue weighted by atomic mass is 10.2. The molecule has 8 nitrogen and oxygen atoms in total. The van der Waals surface area contributed by atoms with Gasteiger partial charge in [-0.1, -0.05) is 18.2 Å². The van der Waals surface area contributed by atoms with Gasteiger partial charge in [-0.05, 0) is 18.2 Å². The second-order valence-corrected chi connectivity index (χ2v) is 4.49. The second kappa shape index (κ2) is 8.05. The Hall–Kier alpha value is -3.73. The molecule has 0 unspecified atom stereocenters. The number of hydrogen-bond acceptors (Lipinski definition) is 6. The third-order valence-corrected chi connectivity index (χ3v) is 2.90. The molecular formula is C16H12N4O4. The number of ether oxygens (including phenoxy) is 1. The maximum Gasteiger partial charge on any atom is 0.271 e. The van der Waals surface area contributed by atoms with Crippen molar-refractivity contribution in [2.45, 2.75) is 0 Å². The van der Waals surface area contributed by atoms with Gasteiger partial charge >= 0.3 is 0 Å². The van der Waals surface area contributed by atoms with Gasteiger partial charge in [-0.15, -0.1) is 0 Å². The number of para-hydroxylation sites is 1. The summed E-state index contributed by atoms with van der Waals surface area (Å²) < 4.78 is 5.23. The van der Waals surface area contributed by atoms with E-state index >= 15 is 0 Å². The van der Waals surface area contributed by atoms with Crippen LogP contribution in [0, 0.1) is 21.4 Å². The Morgan fingerprint density at radius 3 is 2.88 bits per heavy atom. The highest BCUT2D eigenvalue weighted by Gasteiger charge is 2.10. The molecule has 0 saturated heterocycles. The number of rotatable bonds is 6. The van der Waals surface area contributed by atoms with Crippen LogP contribution in [-0.2, 0) is 0 Å². The fourth-order valence-corrected chi connectivity index (χ4v) is 1.81. The van der Waals surface area contributed by atoms with E-state index in [1.165, 1.54) is 24.4 Å². The molecule has 0 bridgehead atoms. The normalized spacial score (nSPS) is 10.1. The van der Waals surface area contributed by atoms with Crippen LogP contribution in [-0.4, -0.2) is 23.7 Å². The molecule has 0 aliphatic carbocycles. The van der Waals surface area contributed by atoms with Crippen molar-refractivity contribution in [1.29, 1.82) is 5.26 Å². The Bertz CT molecular complexity index is 827. The summed E-state index contributed by atoms with van der Waals surface area (Å²) in [6.45, 7) is -0.106. The first kappa shape index (κ1) is 16.6. The molecule has 0 aliphatic heterocycles. The molecule has 1 N–H and O–H groups in total. The zero-order valence-corrected chi connectivity index (χ0v) is 12.4. The number of nitriles is 1. The molecular weight excluding hydrogens is 312 g/mol. The minimum absolute atomic E-state index is 0.106. The minimum atomic E-state index is -0.581. The Morgan fingerprint density at radius 1 is 1.33 bits per heavy atom. The van der Waals surface area contributed by atoms with E-state index in [1.54, 1.807) is 24.3 Å². The third kappa shape index (κ3) is 4.38. The SMILES string of the molecule is N#CCOc1ccccc1/C=N\NC(=O)c1cccc([N+](=O)[O-])c1. The number of nitrogens with zero attached hydrogens (tertiary/aromatic N) is 3. The predicted molar refractivity (Wildman–Crippen MR) is 85.7 cm³/mol. The highest BCUT2D eigenvalue weighted by atomic mass is 16.6. The van der Waals surface area contributed by atoms with Gasteiger partial charge in [0.25, 0.3) is 11.6 Å². The molecule has 8 heteroatoms. The summed E-state index contributed by atoms with van der Waals surface area (Å²) in [4.78, 5) is 22.1. The van der Waals surface area contributed by atoms with Crippen molar-refractivity contribution in [2.24, 2.45) is 5.10 Å². The molecule has 0 spiro atoms. The van der Waals surface area contributed by atoms with Gasteiger partial charge in [0.15, 0.2) is 6.61 Å². The molecule has 0 radical (unpaired) electrons. The van der Waals surface area contributed by atoms with E-state index < -0.39 is 10.8 Å². The number of nitro groups is 1. The number of non-ortho nitro benzene ring substituents is 1. The number of carbonyl (C=O) groups excluding carboxylic acids is 1. The smallest absolute Gasteiger partial charge is 0.271 e. The van der Waals surface area contributed by atoms with Crippen LogP contribution in [0.3, 0.4) is 0 Å². The first-order chi connectivity index (χ1) is 11.6. The predicted octanol–water partition coefficient (Wildman–Crippen LogP) is 2.26. The van der Waals surface area contributed by atoms with Crippen molar-refractivity contribution in [3.05, 3.63) is 69.8 Å². The van der Waals surface area contributed by atoms with Crippen LogP contribution >= 0.6 is 0 Å². The minimum Gasteiger partial charge on any atom is -0.478 e. The maximum absolute atomic E-state index is 11.9. The summed E-state index contributed by atoms with van der Waals surface area (Å²) in [7, 11) is 0. The van der Waals surface area contributed by atoms with E-state index in [0.29, 0.717) is 11.3 Å². The van der Waals surface area contributed by atoms with E-state index in [-0.39, 0.29) is 17.9 Å². The van der Waals surface area contributed by atoms with E-state index in [0.717, 1.165) is 6.07 Å². The Balaban J connectivity index is 2.07. The molecule has 2 aromatic carbocycles. The molecule has 2 rings (SSSR count). The van der Waals surface area contributed by atoms with Crippen LogP contribution in [0.2, 0.25) is 0 Å². The molecule has 0 saturated carbocycles. The molecule has 2 aromatic rings. The van der Waals surface area contributed by atoms with E-state index in [4.69, 9.17) is 10.00 Å². The lowest BCUT2D eigenvalue weighted by molar-refractivity contribution is -0.384. The van der Waals surface area contributed by atoms with Gasteiger partial charge in [-0.2, -0.15) is 10.4 Å². The topological polar surface area (TPSA) is 118 Å². The zero-order chi connectivity index (χ0) is 17.4. The Morgan fingerprint density at radius 2 is 2.12 bits per heavy atom. The number of benzene rings is 2. The summed E-state index contributed by atoms with van der Waals surface area (Å²) >= 11 is 0. The fraction of sp³-hybridized carbons (Fsp3) is 0.0625. The number of nitro benzene ring substituents is 1. The largest absolute Gasteiger partial charge is 0.478 e. The quantitative estimate of drug-likeness (QED) is 0.497. The standard InChI is InChI=1S/C16H12N4O4/c17-8-9-24-15-7-2-1-4-13(15)11-18-19-16(21)12-5-3-6-14(10-12)20(22)23/h1-7,10-11H,9H2,(H,19,21)/b18-11-. The molecule has 24 heavy (non-hydrogen) atoms. The van der Waals surface area contributed by atoms with E-state index in [1.807, 2.05) is 6.07 Å². The van der Waals surface area contributed by atoms with E-state index in [9.17, 15) is 14.9 Å². The number of hydrogen-bond donors (Lipinski definition) is 1. The maximum atomic E-state index is 11.9. The van der Waals surface area contributed by atoms with Crippen LogP contribution in [0.25, 0.3) is 0 Å². The van der Waals surface area contributed by atoms with Crippen LogP contribution in [0.1, 0.15) is 15.9 Å². The van der Waals surface area contributed by atoms with Crippen molar-refractivity contribution in [3.63, 3.8) is 0 Å². The van der Waals surface area contributed by atoms with Crippen LogP contribution in [0.4, 0.5) is 5.69 Å². The second-order valence-electron chi connectivity index (χ2n) is 4.49. The van der Waals surface area contributed by atoms with Crippen LogP contribution in [0.15, 0.2) is 53.6 Å². The summed E-state index contributed by atoms with van der Waals surface area (Å²) in [5.74, 6) is -0.127. The first-order valence-corrected chi connectivity index (χ1v) is 6.78. The average molecular weight is 324 g/mol. The van der Waals surface area contributed by atoms with Gasteiger partial charge in [0, 0.05) is 23.3 Å².